The zero-order valence-corrected chi connectivity index (χ0v) is 25.2. The number of rotatable bonds is 6. The molecule has 2 aliphatic heterocycles. The van der Waals surface area contributed by atoms with E-state index in [-0.39, 0.29) is 22.0 Å². The summed E-state index contributed by atoms with van der Waals surface area (Å²) in [6.07, 6.45) is -4.59. The molecule has 3 amide bonds. The molecule has 44 heavy (non-hydrogen) atoms. The fourth-order valence-electron chi connectivity index (χ4n) is 5.20. The molecular formula is C29H18BrF4N3O5S2. The summed E-state index contributed by atoms with van der Waals surface area (Å²) in [5, 5.41) is 1.87. The summed E-state index contributed by atoms with van der Waals surface area (Å²) in [6, 6.07) is 13.9. The average Bonchev–Trinajstić information content (AvgIpc) is 3.46. The molecule has 0 aliphatic carbocycles. The maximum absolute atomic E-state index is 13.9. The van der Waals surface area contributed by atoms with Gasteiger partial charge >= 0.3 is 11.0 Å². The zero-order valence-electron chi connectivity index (χ0n) is 22.0. The van der Waals surface area contributed by atoms with Gasteiger partial charge in [0.25, 0.3) is 5.91 Å². The maximum Gasteiger partial charge on any atom is 0.416 e. The van der Waals surface area contributed by atoms with Crippen LogP contribution >= 0.6 is 39.0 Å². The molecule has 3 aromatic carbocycles. The Bertz CT molecular complexity index is 1860. The van der Waals surface area contributed by atoms with Crippen molar-refractivity contribution < 1.29 is 36.7 Å². The van der Waals surface area contributed by atoms with Crippen LogP contribution in [0.4, 0.5) is 28.9 Å². The number of anilines is 2. The molecule has 6 rings (SSSR count). The third kappa shape index (κ3) is 5.66. The van der Waals surface area contributed by atoms with Gasteiger partial charge in [0.2, 0.25) is 11.8 Å². The second-order valence-corrected chi connectivity index (χ2v) is 12.9. The van der Waals surface area contributed by atoms with E-state index in [2.05, 4.69) is 26.2 Å². The lowest BCUT2D eigenvalue weighted by molar-refractivity contribution is -0.137. The predicted octanol–water partition coefficient (Wildman–Crippen LogP) is 6.17. The summed E-state index contributed by atoms with van der Waals surface area (Å²) >= 11 is 5.36. The molecule has 15 heteroatoms. The number of alkyl halides is 3. The summed E-state index contributed by atoms with van der Waals surface area (Å²) in [5.74, 6) is -4.02. The average molecular weight is 709 g/mol. The minimum absolute atomic E-state index is 0.0747. The number of carbonyl (C=O) groups is 3. The number of halogens is 5. The second kappa shape index (κ2) is 11.5. The predicted molar refractivity (Wildman–Crippen MR) is 159 cm³/mol. The van der Waals surface area contributed by atoms with E-state index in [1.807, 2.05) is 0 Å². The molecule has 1 fully saturated rings. The summed E-state index contributed by atoms with van der Waals surface area (Å²) in [6.45, 7) is -0.592. The molecule has 2 N–H and O–H groups in total. The van der Waals surface area contributed by atoms with Crippen molar-refractivity contribution in [1.82, 2.24) is 4.98 Å². The van der Waals surface area contributed by atoms with Gasteiger partial charge in [0, 0.05) is 26.5 Å². The van der Waals surface area contributed by atoms with Gasteiger partial charge in [0.1, 0.15) is 16.8 Å². The van der Waals surface area contributed by atoms with E-state index in [1.54, 1.807) is 18.2 Å². The number of benzene rings is 3. The number of thiazole rings is 1. The zero-order chi connectivity index (χ0) is 31.3. The van der Waals surface area contributed by atoms with E-state index in [9.17, 15) is 36.7 Å². The first kappa shape index (κ1) is 30.1. The van der Waals surface area contributed by atoms with Crippen LogP contribution in [0.25, 0.3) is 0 Å². The van der Waals surface area contributed by atoms with Gasteiger partial charge in [-0.05, 0) is 60.7 Å². The van der Waals surface area contributed by atoms with E-state index in [0.717, 1.165) is 52.3 Å². The van der Waals surface area contributed by atoms with Crippen LogP contribution in [0, 0.1) is 11.7 Å². The smallest absolute Gasteiger partial charge is 0.416 e. The molecule has 0 radical (unpaired) electrons. The monoisotopic (exact) mass is 707 g/mol. The van der Waals surface area contributed by atoms with E-state index >= 15 is 0 Å². The highest BCUT2D eigenvalue weighted by atomic mass is 79.9. The van der Waals surface area contributed by atoms with Gasteiger partial charge in [-0.3, -0.25) is 19.2 Å². The molecule has 2 aliphatic rings. The molecule has 1 aromatic heterocycles. The molecule has 226 valence electrons. The van der Waals surface area contributed by atoms with Crippen molar-refractivity contribution in [2.75, 3.05) is 16.8 Å². The number of nitrogens with one attached hydrogen (secondary N) is 2. The molecule has 1 saturated heterocycles. The highest BCUT2D eigenvalue weighted by Gasteiger charge is 2.57. The number of hydrogen-bond donors (Lipinski definition) is 2. The van der Waals surface area contributed by atoms with Crippen LogP contribution in [0.2, 0.25) is 0 Å². The van der Waals surface area contributed by atoms with Crippen LogP contribution in [-0.2, 0) is 20.6 Å². The Hall–Kier alpha value is -3.95. The van der Waals surface area contributed by atoms with Crippen LogP contribution in [-0.4, -0.2) is 34.6 Å². The molecule has 8 nitrogen and oxygen atoms in total. The number of thioether (sulfide) groups is 1. The lowest BCUT2D eigenvalue weighted by atomic mass is 9.82. The highest BCUT2D eigenvalue weighted by Crippen LogP contribution is 2.54. The highest BCUT2D eigenvalue weighted by molar-refractivity contribution is 9.10. The summed E-state index contributed by atoms with van der Waals surface area (Å²) < 4.78 is 59.3. The van der Waals surface area contributed by atoms with Crippen molar-refractivity contribution in [3.63, 3.8) is 0 Å². The van der Waals surface area contributed by atoms with Gasteiger partial charge in [0.15, 0.2) is 6.61 Å². The Labute approximate surface area is 262 Å². The minimum Gasteiger partial charge on any atom is -0.483 e. The number of imide groups is 1. The van der Waals surface area contributed by atoms with Crippen molar-refractivity contribution in [1.29, 1.82) is 0 Å². The van der Waals surface area contributed by atoms with Gasteiger partial charge < -0.3 is 15.0 Å². The fraction of sp³-hybridized carbons (Fsp3) is 0.172. The van der Waals surface area contributed by atoms with Crippen molar-refractivity contribution in [2.24, 2.45) is 5.92 Å². The van der Waals surface area contributed by atoms with Crippen LogP contribution in [0.5, 0.6) is 5.75 Å². The molecule has 0 bridgehead atoms. The first-order chi connectivity index (χ1) is 20.9. The molecular weight excluding hydrogens is 690 g/mol. The standard InChI is InChI=1S/C29H18BrF4N3O5S2/c30-14-4-9-19(42-12-20(38)35-16-3-1-2-13(10-16)29(32,33)34)18(11-14)21-22-24(43-25-23(21)44-28(41)36-25)27(40)37(26(22)39)17-7-5-15(31)6-8-17/h1-11,21-22,24H,12H2,(H,35,38)(H,36,41). The van der Waals surface area contributed by atoms with Gasteiger partial charge in [-0.15, -0.1) is 0 Å². The van der Waals surface area contributed by atoms with E-state index in [4.69, 9.17) is 4.74 Å². The number of amides is 3. The van der Waals surface area contributed by atoms with Crippen LogP contribution in [0.1, 0.15) is 21.9 Å². The summed E-state index contributed by atoms with van der Waals surface area (Å²) in [4.78, 5) is 56.5. The molecule has 3 unspecified atom stereocenters. The molecule has 4 aromatic rings. The Morgan fingerprint density at radius 2 is 1.77 bits per heavy atom. The Balaban J connectivity index is 1.33. The number of aromatic nitrogens is 1. The number of ether oxygens (including phenoxy) is 1. The lowest BCUT2D eigenvalue weighted by Crippen LogP contribution is -2.32. The second-order valence-electron chi connectivity index (χ2n) is 9.84. The number of hydrogen-bond acceptors (Lipinski definition) is 7. The molecule has 0 spiro atoms. The molecule has 3 atom stereocenters. The first-order valence-electron chi connectivity index (χ1n) is 12.8. The van der Waals surface area contributed by atoms with Crippen LogP contribution in [0.3, 0.4) is 0 Å². The maximum atomic E-state index is 13.9. The third-order valence-electron chi connectivity index (χ3n) is 7.05. The van der Waals surface area contributed by atoms with Gasteiger partial charge in [0.05, 0.1) is 22.2 Å². The van der Waals surface area contributed by atoms with Crippen molar-refractivity contribution in [3.05, 3.63) is 103 Å². The minimum atomic E-state index is -4.59. The van der Waals surface area contributed by atoms with Crippen LogP contribution in [0.15, 0.2) is 81.0 Å². The number of carbonyl (C=O) groups excluding carboxylic acids is 3. The number of fused-ring (bicyclic) bond motifs is 2. The van der Waals surface area contributed by atoms with Crippen molar-refractivity contribution in [3.8, 4) is 5.75 Å². The summed E-state index contributed by atoms with van der Waals surface area (Å²) in [7, 11) is 0. The Morgan fingerprint density at radius 3 is 2.50 bits per heavy atom. The molecule has 3 heterocycles. The fourth-order valence-corrected chi connectivity index (χ4v) is 8.09. The lowest BCUT2D eigenvalue weighted by Gasteiger charge is -2.31. The number of H-pyrrole nitrogens is 1. The van der Waals surface area contributed by atoms with Crippen molar-refractivity contribution >= 4 is 68.1 Å². The van der Waals surface area contributed by atoms with E-state index in [0.29, 0.717) is 19.9 Å². The largest absolute Gasteiger partial charge is 0.483 e. The quantitative estimate of drug-likeness (QED) is 0.183. The normalized spacial score (nSPS) is 19.5. The van der Waals surface area contributed by atoms with E-state index < -0.39 is 59.0 Å². The van der Waals surface area contributed by atoms with Crippen LogP contribution < -0.4 is 19.8 Å². The topological polar surface area (TPSA) is 109 Å². The van der Waals surface area contributed by atoms with Gasteiger partial charge in [-0.2, -0.15) is 13.2 Å². The van der Waals surface area contributed by atoms with Crippen molar-refractivity contribution in [2.45, 2.75) is 22.4 Å². The Kier molecular flexibility index (Phi) is 7.88. The number of nitrogens with zero attached hydrogens (tertiary/aromatic N) is 1. The number of aromatic amines is 1. The first-order valence-corrected chi connectivity index (χ1v) is 15.3. The van der Waals surface area contributed by atoms with Gasteiger partial charge in [-0.1, -0.05) is 45.1 Å². The molecule has 0 saturated carbocycles. The Morgan fingerprint density at radius 1 is 1.02 bits per heavy atom. The summed E-state index contributed by atoms with van der Waals surface area (Å²) in [5.41, 5.74) is -0.402. The van der Waals surface area contributed by atoms with E-state index in [1.165, 1.54) is 24.3 Å². The third-order valence-corrected chi connectivity index (χ3v) is 9.94. The van der Waals surface area contributed by atoms with Gasteiger partial charge in [-0.25, -0.2) is 9.29 Å². The SMILES string of the molecule is O=C(COc1ccc(Br)cc1C1c2sc(=O)[nH]c2SC2C(=O)N(c3ccc(F)cc3)C(=O)C21)Nc1cccc(C(F)(F)F)c1.